The number of amides is 1. The molecule has 0 saturated heterocycles. The minimum Gasteiger partial charge on any atom is -0.493 e. The minimum absolute atomic E-state index is 0.122. The molecule has 0 aliphatic rings. The highest BCUT2D eigenvalue weighted by Gasteiger charge is 2.09. The Morgan fingerprint density at radius 2 is 2.16 bits per heavy atom. The van der Waals surface area contributed by atoms with E-state index in [1.54, 1.807) is 37.4 Å². The number of hydrogen-bond acceptors (Lipinski definition) is 5. The largest absolute Gasteiger partial charge is 0.493 e. The number of allylic oxidation sites excluding steroid dienone is 1. The van der Waals surface area contributed by atoms with Gasteiger partial charge in [0.25, 0.3) is 5.91 Å². The highest BCUT2D eigenvalue weighted by Crippen LogP contribution is 2.28. The second kappa shape index (κ2) is 9.48. The molecule has 0 unspecified atom stereocenters. The minimum atomic E-state index is -0.272. The summed E-state index contributed by atoms with van der Waals surface area (Å²) in [5.74, 6) is 0.823. The summed E-state index contributed by atoms with van der Waals surface area (Å²) in [6, 6.07) is 5.53. The molecule has 2 rings (SSSR count). The van der Waals surface area contributed by atoms with Gasteiger partial charge in [0.05, 0.1) is 32.1 Å². The molecular formula is C18H23N3O4. The van der Waals surface area contributed by atoms with E-state index in [1.165, 1.54) is 0 Å². The highest BCUT2D eigenvalue weighted by atomic mass is 16.5. The molecule has 0 radical (unpaired) electrons. The van der Waals surface area contributed by atoms with E-state index in [-0.39, 0.29) is 12.5 Å². The maximum Gasteiger partial charge on any atom is 0.262 e. The van der Waals surface area contributed by atoms with Crippen LogP contribution in [0.3, 0.4) is 0 Å². The van der Waals surface area contributed by atoms with E-state index in [9.17, 15) is 4.79 Å². The van der Waals surface area contributed by atoms with E-state index in [0.29, 0.717) is 30.3 Å². The van der Waals surface area contributed by atoms with Gasteiger partial charge in [0.1, 0.15) is 0 Å². The maximum atomic E-state index is 12.0. The van der Waals surface area contributed by atoms with E-state index in [2.05, 4.69) is 10.4 Å². The number of hydrogen-bond donors (Lipinski definition) is 1. The van der Waals surface area contributed by atoms with Gasteiger partial charge >= 0.3 is 0 Å². The number of anilines is 1. The zero-order valence-corrected chi connectivity index (χ0v) is 14.7. The van der Waals surface area contributed by atoms with Gasteiger partial charge in [-0.15, -0.1) is 0 Å². The Hall–Kier alpha value is -2.80. The van der Waals surface area contributed by atoms with Crippen molar-refractivity contribution in [2.24, 2.45) is 0 Å². The Balaban J connectivity index is 1.90. The SMILES string of the molecule is C/C=C/c1ccc(OCC(=O)Nc2cnn(CCOC)c2)c(OC)c1. The fourth-order valence-electron chi connectivity index (χ4n) is 2.18. The van der Waals surface area contributed by atoms with Crippen LogP contribution in [0, 0.1) is 0 Å². The van der Waals surface area contributed by atoms with Crippen molar-refractivity contribution in [1.82, 2.24) is 9.78 Å². The first-order valence-electron chi connectivity index (χ1n) is 7.91. The molecule has 0 fully saturated rings. The molecule has 0 spiro atoms. The van der Waals surface area contributed by atoms with Crippen molar-refractivity contribution in [2.75, 3.05) is 32.8 Å². The average molecular weight is 345 g/mol. The second-order valence-electron chi connectivity index (χ2n) is 5.23. The Morgan fingerprint density at radius 3 is 2.88 bits per heavy atom. The summed E-state index contributed by atoms with van der Waals surface area (Å²) in [5.41, 5.74) is 1.61. The number of carbonyl (C=O) groups excluding carboxylic acids is 1. The lowest BCUT2D eigenvalue weighted by atomic mass is 10.2. The van der Waals surface area contributed by atoms with Crippen LogP contribution in [0.2, 0.25) is 0 Å². The standard InChI is InChI=1S/C18H23N3O4/c1-4-5-14-6-7-16(17(10-14)24-3)25-13-18(22)20-15-11-19-21(12-15)8-9-23-2/h4-7,10-12H,8-9,13H2,1-3H3,(H,20,22)/b5-4+. The molecule has 0 atom stereocenters. The van der Waals surface area contributed by atoms with Crippen molar-refractivity contribution in [3.8, 4) is 11.5 Å². The monoisotopic (exact) mass is 345 g/mol. The number of nitrogens with one attached hydrogen (secondary N) is 1. The summed E-state index contributed by atoms with van der Waals surface area (Å²) in [4.78, 5) is 12.0. The molecule has 0 aliphatic heterocycles. The molecule has 1 N–H and O–H groups in total. The molecule has 25 heavy (non-hydrogen) atoms. The smallest absolute Gasteiger partial charge is 0.262 e. The first kappa shape index (κ1) is 18.5. The van der Waals surface area contributed by atoms with Gasteiger partial charge in [-0.25, -0.2) is 0 Å². The Labute approximate surface area is 147 Å². The number of rotatable bonds is 9. The fraction of sp³-hybridized carbons (Fsp3) is 0.333. The molecule has 2 aromatic rings. The van der Waals surface area contributed by atoms with Crippen LogP contribution in [0.4, 0.5) is 5.69 Å². The lowest BCUT2D eigenvalue weighted by Crippen LogP contribution is -2.20. The normalized spacial score (nSPS) is 10.8. The van der Waals surface area contributed by atoms with Gasteiger partial charge in [-0.05, 0) is 24.6 Å². The van der Waals surface area contributed by atoms with E-state index >= 15 is 0 Å². The molecule has 7 heteroatoms. The molecule has 1 aromatic carbocycles. The molecule has 1 heterocycles. The van der Waals surface area contributed by atoms with Crippen LogP contribution in [-0.4, -0.2) is 43.1 Å². The van der Waals surface area contributed by atoms with Crippen molar-refractivity contribution >= 4 is 17.7 Å². The quantitative estimate of drug-likeness (QED) is 0.756. The third kappa shape index (κ3) is 5.65. The van der Waals surface area contributed by atoms with Gasteiger partial charge in [0.2, 0.25) is 0 Å². The van der Waals surface area contributed by atoms with E-state index in [0.717, 1.165) is 5.56 Å². The number of nitrogens with zero attached hydrogens (tertiary/aromatic N) is 2. The first-order valence-corrected chi connectivity index (χ1v) is 7.91. The van der Waals surface area contributed by atoms with E-state index in [1.807, 2.05) is 31.2 Å². The third-order valence-electron chi connectivity index (χ3n) is 3.35. The lowest BCUT2D eigenvalue weighted by Gasteiger charge is -2.11. The van der Waals surface area contributed by atoms with Gasteiger partial charge in [-0.1, -0.05) is 18.2 Å². The van der Waals surface area contributed by atoms with Crippen molar-refractivity contribution < 1.29 is 19.0 Å². The van der Waals surface area contributed by atoms with Gasteiger partial charge in [0.15, 0.2) is 18.1 Å². The zero-order valence-electron chi connectivity index (χ0n) is 14.7. The van der Waals surface area contributed by atoms with Gasteiger partial charge in [-0.2, -0.15) is 5.10 Å². The van der Waals surface area contributed by atoms with Crippen LogP contribution in [0.1, 0.15) is 12.5 Å². The molecule has 134 valence electrons. The lowest BCUT2D eigenvalue weighted by molar-refractivity contribution is -0.118. The summed E-state index contributed by atoms with van der Waals surface area (Å²) >= 11 is 0. The highest BCUT2D eigenvalue weighted by molar-refractivity contribution is 5.91. The number of benzene rings is 1. The van der Waals surface area contributed by atoms with E-state index < -0.39 is 0 Å². The van der Waals surface area contributed by atoms with Crippen molar-refractivity contribution in [3.05, 3.63) is 42.2 Å². The van der Waals surface area contributed by atoms with Crippen molar-refractivity contribution in [2.45, 2.75) is 13.5 Å². The van der Waals surface area contributed by atoms with E-state index in [4.69, 9.17) is 14.2 Å². The van der Waals surface area contributed by atoms with Crippen LogP contribution in [0.25, 0.3) is 6.08 Å². The molecule has 0 bridgehead atoms. The van der Waals surface area contributed by atoms with Crippen LogP contribution >= 0.6 is 0 Å². The predicted octanol–water partition coefficient (Wildman–Crippen LogP) is 2.59. The number of ether oxygens (including phenoxy) is 3. The molecule has 7 nitrogen and oxygen atoms in total. The maximum absolute atomic E-state index is 12.0. The van der Waals surface area contributed by atoms with Crippen LogP contribution < -0.4 is 14.8 Å². The first-order chi connectivity index (χ1) is 12.2. The molecule has 0 saturated carbocycles. The summed E-state index contributed by atoms with van der Waals surface area (Å²) in [6.07, 6.45) is 7.22. The van der Waals surface area contributed by atoms with Gasteiger partial charge in [0, 0.05) is 13.3 Å². The Morgan fingerprint density at radius 1 is 1.32 bits per heavy atom. The van der Waals surface area contributed by atoms with Crippen LogP contribution in [0.15, 0.2) is 36.7 Å². The Bertz CT molecular complexity index is 725. The molecular weight excluding hydrogens is 322 g/mol. The average Bonchev–Trinajstić information content (AvgIpc) is 3.06. The molecule has 1 amide bonds. The van der Waals surface area contributed by atoms with Crippen LogP contribution in [-0.2, 0) is 16.1 Å². The van der Waals surface area contributed by atoms with Crippen molar-refractivity contribution in [1.29, 1.82) is 0 Å². The number of methoxy groups -OCH3 is 2. The van der Waals surface area contributed by atoms with Gasteiger partial charge in [-0.3, -0.25) is 9.48 Å². The summed E-state index contributed by atoms with van der Waals surface area (Å²) in [6.45, 7) is 3.00. The predicted molar refractivity (Wildman–Crippen MR) is 95.9 cm³/mol. The van der Waals surface area contributed by atoms with Gasteiger partial charge < -0.3 is 19.5 Å². The molecule has 0 aliphatic carbocycles. The number of carbonyl (C=O) groups is 1. The topological polar surface area (TPSA) is 74.6 Å². The third-order valence-corrected chi connectivity index (χ3v) is 3.35. The zero-order chi connectivity index (χ0) is 18.1. The second-order valence-corrected chi connectivity index (χ2v) is 5.23. The molecule has 1 aromatic heterocycles. The summed E-state index contributed by atoms with van der Waals surface area (Å²) in [7, 11) is 3.19. The summed E-state index contributed by atoms with van der Waals surface area (Å²) < 4.78 is 17.5. The summed E-state index contributed by atoms with van der Waals surface area (Å²) in [5, 5.41) is 6.87. The van der Waals surface area contributed by atoms with Crippen LogP contribution in [0.5, 0.6) is 11.5 Å². The number of aromatic nitrogens is 2. The van der Waals surface area contributed by atoms with Crippen molar-refractivity contribution in [3.63, 3.8) is 0 Å². The fourth-order valence-corrected chi connectivity index (χ4v) is 2.18. The Kier molecular flexibility index (Phi) is 7.03.